The zero-order chi connectivity index (χ0) is 9.03. The fraction of sp³-hybridized carbons (Fsp3) is 0.500. The van der Waals surface area contributed by atoms with Crippen LogP contribution in [-0.4, -0.2) is 5.91 Å². The van der Waals surface area contributed by atoms with Gasteiger partial charge in [-0.25, -0.2) is 0 Å². The highest BCUT2D eigenvalue weighted by atomic mass is 16.1. The standard InChI is InChI=1S/C10H15NO/c1-2-6-10(9(11)12)7-4-3-5-8-10/h2-4H,1,5-8H2,(H2,11,12). The summed E-state index contributed by atoms with van der Waals surface area (Å²) in [6.07, 6.45) is 9.22. The molecule has 0 saturated carbocycles. The summed E-state index contributed by atoms with van der Waals surface area (Å²) in [6, 6.07) is 0. The Balaban J connectivity index is 2.78. The van der Waals surface area contributed by atoms with Crippen molar-refractivity contribution in [3.05, 3.63) is 24.8 Å². The van der Waals surface area contributed by atoms with Crippen molar-refractivity contribution in [3.63, 3.8) is 0 Å². The third kappa shape index (κ3) is 1.58. The van der Waals surface area contributed by atoms with Gasteiger partial charge in [0.15, 0.2) is 0 Å². The molecule has 0 spiro atoms. The molecule has 0 heterocycles. The predicted octanol–water partition coefficient (Wildman–Crippen LogP) is 1.77. The van der Waals surface area contributed by atoms with Crippen LogP contribution in [0, 0.1) is 5.41 Å². The van der Waals surface area contributed by atoms with Crippen LogP contribution in [0.2, 0.25) is 0 Å². The highest BCUT2D eigenvalue weighted by Gasteiger charge is 2.34. The number of hydrogen-bond donors (Lipinski definition) is 1. The molecule has 0 saturated heterocycles. The average molecular weight is 165 g/mol. The number of carbonyl (C=O) groups is 1. The minimum absolute atomic E-state index is 0.188. The second kappa shape index (κ2) is 3.57. The fourth-order valence-electron chi connectivity index (χ4n) is 1.67. The smallest absolute Gasteiger partial charge is 0.224 e. The molecule has 1 unspecified atom stereocenters. The summed E-state index contributed by atoms with van der Waals surface area (Å²) in [6.45, 7) is 3.65. The van der Waals surface area contributed by atoms with E-state index in [0.717, 1.165) is 19.3 Å². The van der Waals surface area contributed by atoms with Crippen molar-refractivity contribution in [3.8, 4) is 0 Å². The molecule has 0 aliphatic heterocycles. The maximum Gasteiger partial charge on any atom is 0.224 e. The van der Waals surface area contributed by atoms with E-state index in [1.807, 2.05) is 6.08 Å². The highest BCUT2D eigenvalue weighted by Crippen LogP contribution is 2.35. The molecule has 1 aliphatic carbocycles. The predicted molar refractivity (Wildman–Crippen MR) is 49.4 cm³/mol. The lowest BCUT2D eigenvalue weighted by atomic mass is 9.74. The number of primary amides is 1. The topological polar surface area (TPSA) is 43.1 Å². The Hall–Kier alpha value is -1.05. The van der Waals surface area contributed by atoms with Crippen molar-refractivity contribution < 1.29 is 4.79 Å². The summed E-state index contributed by atoms with van der Waals surface area (Å²) in [7, 11) is 0. The van der Waals surface area contributed by atoms with E-state index in [1.54, 1.807) is 6.08 Å². The van der Waals surface area contributed by atoms with E-state index < -0.39 is 0 Å². The quantitative estimate of drug-likeness (QED) is 0.636. The summed E-state index contributed by atoms with van der Waals surface area (Å²) in [5.41, 5.74) is 5.03. The summed E-state index contributed by atoms with van der Waals surface area (Å²) in [5.74, 6) is -0.188. The van der Waals surface area contributed by atoms with Gasteiger partial charge >= 0.3 is 0 Å². The van der Waals surface area contributed by atoms with Crippen LogP contribution in [0.25, 0.3) is 0 Å². The molecular formula is C10H15NO. The Labute approximate surface area is 73.1 Å². The minimum Gasteiger partial charge on any atom is -0.369 e. The van der Waals surface area contributed by atoms with Crippen molar-refractivity contribution in [1.29, 1.82) is 0 Å². The maximum atomic E-state index is 11.2. The SMILES string of the molecule is C=CCC1(C(N)=O)CC=CCC1. The van der Waals surface area contributed by atoms with Gasteiger partial charge in [-0.3, -0.25) is 4.79 Å². The molecular weight excluding hydrogens is 150 g/mol. The van der Waals surface area contributed by atoms with E-state index >= 15 is 0 Å². The molecule has 1 atom stereocenters. The Morgan fingerprint density at radius 2 is 2.42 bits per heavy atom. The number of amides is 1. The summed E-state index contributed by atoms with van der Waals surface area (Å²) >= 11 is 0. The summed E-state index contributed by atoms with van der Waals surface area (Å²) in [5, 5.41) is 0. The molecule has 2 heteroatoms. The van der Waals surface area contributed by atoms with Crippen molar-refractivity contribution in [2.45, 2.75) is 25.7 Å². The number of nitrogens with two attached hydrogens (primary N) is 1. The van der Waals surface area contributed by atoms with Crippen LogP contribution >= 0.6 is 0 Å². The van der Waals surface area contributed by atoms with Crippen LogP contribution in [0.15, 0.2) is 24.8 Å². The first-order chi connectivity index (χ1) is 5.71. The van der Waals surface area contributed by atoms with Crippen molar-refractivity contribution in [1.82, 2.24) is 0 Å². The zero-order valence-electron chi connectivity index (χ0n) is 7.25. The molecule has 0 radical (unpaired) electrons. The van der Waals surface area contributed by atoms with E-state index in [9.17, 15) is 4.79 Å². The Morgan fingerprint density at radius 3 is 2.83 bits per heavy atom. The van der Waals surface area contributed by atoms with Crippen molar-refractivity contribution in [2.75, 3.05) is 0 Å². The molecule has 1 rings (SSSR count). The third-order valence-corrected chi connectivity index (χ3v) is 2.52. The summed E-state index contributed by atoms with van der Waals surface area (Å²) in [4.78, 5) is 11.2. The molecule has 0 aromatic rings. The maximum absolute atomic E-state index is 11.2. The molecule has 66 valence electrons. The lowest BCUT2D eigenvalue weighted by Gasteiger charge is -2.30. The highest BCUT2D eigenvalue weighted by molar-refractivity contribution is 5.81. The second-order valence-corrected chi connectivity index (χ2v) is 3.35. The molecule has 1 amide bonds. The van der Waals surface area contributed by atoms with E-state index in [2.05, 4.69) is 12.7 Å². The Kier molecular flexibility index (Phi) is 2.69. The second-order valence-electron chi connectivity index (χ2n) is 3.35. The number of allylic oxidation sites excluding steroid dienone is 3. The zero-order valence-corrected chi connectivity index (χ0v) is 7.25. The lowest BCUT2D eigenvalue weighted by molar-refractivity contribution is -0.128. The molecule has 0 fully saturated rings. The normalized spacial score (nSPS) is 28.3. The molecule has 0 bridgehead atoms. The molecule has 12 heavy (non-hydrogen) atoms. The average Bonchev–Trinajstić information content (AvgIpc) is 2.06. The Bertz CT molecular complexity index is 220. The van der Waals surface area contributed by atoms with Crippen molar-refractivity contribution >= 4 is 5.91 Å². The monoisotopic (exact) mass is 165 g/mol. The van der Waals surface area contributed by atoms with Crippen LogP contribution in [0.5, 0.6) is 0 Å². The third-order valence-electron chi connectivity index (χ3n) is 2.52. The van der Waals surface area contributed by atoms with Crippen LogP contribution in [0.1, 0.15) is 25.7 Å². The molecule has 0 aromatic heterocycles. The lowest BCUT2D eigenvalue weighted by Crippen LogP contribution is -2.37. The van der Waals surface area contributed by atoms with Gasteiger partial charge in [-0.15, -0.1) is 6.58 Å². The molecule has 0 aromatic carbocycles. The van der Waals surface area contributed by atoms with Crippen LogP contribution in [-0.2, 0) is 4.79 Å². The van der Waals surface area contributed by atoms with Gasteiger partial charge in [0, 0.05) is 0 Å². The van der Waals surface area contributed by atoms with Crippen molar-refractivity contribution in [2.24, 2.45) is 11.1 Å². The van der Waals surface area contributed by atoms with Gasteiger partial charge in [0.05, 0.1) is 5.41 Å². The number of rotatable bonds is 3. The molecule has 1 aliphatic rings. The fourth-order valence-corrected chi connectivity index (χ4v) is 1.67. The molecule has 2 N–H and O–H groups in total. The van der Waals surface area contributed by atoms with Gasteiger partial charge in [-0.2, -0.15) is 0 Å². The number of hydrogen-bond acceptors (Lipinski definition) is 1. The van der Waals surface area contributed by atoms with Gasteiger partial charge in [0.1, 0.15) is 0 Å². The van der Waals surface area contributed by atoms with Crippen LogP contribution in [0.4, 0.5) is 0 Å². The van der Waals surface area contributed by atoms with Crippen LogP contribution in [0.3, 0.4) is 0 Å². The minimum atomic E-state index is -0.337. The van der Waals surface area contributed by atoms with E-state index in [4.69, 9.17) is 5.73 Å². The number of carbonyl (C=O) groups excluding carboxylic acids is 1. The first kappa shape index (κ1) is 9.04. The van der Waals surface area contributed by atoms with Gasteiger partial charge in [-0.05, 0) is 25.7 Å². The Morgan fingerprint density at radius 1 is 1.67 bits per heavy atom. The van der Waals surface area contributed by atoms with E-state index in [-0.39, 0.29) is 11.3 Å². The van der Waals surface area contributed by atoms with Gasteiger partial charge in [-0.1, -0.05) is 18.2 Å². The van der Waals surface area contributed by atoms with E-state index in [0.29, 0.717) is 6.42 Å². The van der Waals surface area contributed by atoms with E-state index in [1.165, 1.54) is 0 Å². The van der Waals surface area contributed by atoms with Gasteiger partial charge in [0.25, 0.3) is 0 Å². The summed E-state index contributed by atoms with van der Waals surface area (Å²) < 4.78 is 0. The largest absolute Gasteiger partial charge is 0.369 e. The van der Waals surface area contributed by atoms with Gasteiger partial charge in [0.2, 0.25) is 5.91 Å². The first-order valence-corrected chi connectivity index (χ1v) is 4.27. The first-order valence-electron chi connectivity index (χ1n) is 4.27. The van der Waals surface area contributed by atoms with Crippen LogP contribution < -0.4 is 5.73 Å². The molecule has 2 nitrogen and oxygen atoms in total. The van der Waals surface area contributed by atoms with Gasteiger partial charge < -0.3 is 5.73 Å².